The number of nitrogens with one attached hydrogen (secondary N) is 3. The second kappa shape index (κ2) is 8.31. The van der Waals surface area contributed by atoms with Crippen LogP contribution in [-0.2, 0) is 16.1 Å². The van der Waals surface area contributed by atoms with Gasteiger partial charge in [-0.1, -0.05) is 23.7 Å². The van der Waals surface area contributed by atoms with Gasteiger partial charge in [-0.25, -0.2) is 4.39 Å². The zero-order chi connectivity index (χ0) is 17.5. The Morgan fingerprint density at radius 3 is 2.50 bits per heavy atom. The minimum atomic E-state index is -0.319. The van der Waals surface area contributed by atoms with Gasteiger partial charge in [-0.2, -0.15) is 0 Å². The van der Waals surface area contributed by atoms with Gasteiger partial charge in [-0.3, -0.25) is 9.59 Å². The Balaban J connectivity index is 1.86. The SMILES string of the molecule is CC(=O)Nc1ccc(Cl)c(NCC(=O)NCc2ccc(F)cc2)c1. The van der Waals surface area contributed by atoms with E-state index in [2.05, 4.69) is 16.0 Å². The summed E-state index contributed by atoms with van der Waals surface area (Å²) in [6.07, 6.45) is 0. The lowest BCUT2D eigenvalue weighted by molar-refractivity contribution is -0.119. The summed E-state index contributed by atoms with van der Waals surface area (Å²) in [5.74, 6) is -0.749. The fourth-order valence-corrected chi connectivity index (χ4v) is 2.17. The molecule has 24 heavy (non-hydrogen) atoms. The van der Waals surface area contributed by atoms with Crippen LogP contribution < -0.4 is 16.0 Å². The Labute approximate surface area is 144 Å². The molecule has 0 aromatic heterocycles. The Bertz CT molecular complexity index is 735. The highest BCUT2D eigenvalue weighted by Crippen LogP contribution is 2.25. The molecule has 0 bridgehead atoms. The lowest BCUT2D eigenvalue weighted by atomic mass is 10.2. The first kappa shape index (κ1) is 17.7. The van der Waals surface area contributed by atoms with Crippen molar-refractivity contribution in [1.82, 2.24) is 5.32 Å². The predicted octanol–water partition coefficient (Wildman–Crippen LogP) is 3.17. The van der Waals surface area contributed by atoms with E-state index in [0.29, 0.717) is 22.9 Å². The highest BCUT2D eigenvalue weighted by Gasteiger charge is 2.06. The average Bonchev–Trinajstić information content (AvgIpc) is 2.54. The van der Waals surface area contributed by atoms with Crippen LogP contribution in [0.1, 0.15) is 12.5 Å². The van der Waals surface area contributed by atoms with Crippen molar-refractivity contribution in [3.8, 4) is 0 Å². The minimum absolute atomic E-state index is 0.0183. The van der Waals surface area contributed by atoms with Gasteiger partial charge in [0.15, 0.2) is 0 Å². The Morgan fingerprint density at radius 1 is 1.12 bits per heavy atom. The van der Waals surface area contributed by atoms with Crippen molar-refractivity contribution in [2.75, 3.05) is 17.2 Å². The molecule has 2 amide bonds. The van der Waals surface area contributed by atoms with Crippen molar-refractivity contribution in [3.05, 3.63) is 58.9 Å². The van der Waals surface area contributed by atoms with E-state index in [9.17, 15) is 14.0 Å². The molecule has 0 spiro atoms. The molecule has 0 saturated heterocycles. The maximum Gasteiger partial charge on any atom is 0.239 e. The standard InChI is InChI=1S/C17H17ClFN3O2/c1-11(23)22-14-6-7-15(18)16(8-14)20-10-17(24)21-9-12-2-4-13(19)5-3-12/h2-8,20H,9-10H2,1H3,(H,21,24)(H,22,23). The van der Waals surface area contributed by atoms with Crippen LogP contribution in [-0.4, -0.2) is 18.4 Å². The number of halogens is 2. The Hall–Kier alpha value is -2.60. The molecule has 2 aromatic rings. The fourth-order valence-electron chi connectivity index (χ4n) is 1.98. The summed E-state index contributed by atoms with van der Waals surface area (Å²) >= 11 is 6.06. The van der Waals surface area contributed by atoms with Crippen LogP contribution in [0.15, 0.2) is 42.5 Å². The van der Waals surface area contributed by atoms with Crippen LogP contribution >= 0.6 is 11.6 Å². The number of carbonyl (C=O) groups is 2. The zero-order valence-corrected chi connectivity index (χ0v) is 13.8. The van der Waals surface area contributed by atoms with Crippen molar-refractivity contribution >= 4 is 34.8 Å². The number of hydrogen-bond donors (Lipinski definition) is 3. The number of carbonyl (C=O) groups excluding carboxylic acids is 2. The van der Waals surface area contributed by atoms with E-state index >= 15 is 0 Å². The van der Waals surface area contributed by atoms with Gasteiger partial charge in [0.05, 0.1) is 17.3 Å². The highest BCUT2D eigenvalue weighted by atomic mass is 35.5. The van der Waals surface area contributed by atoms with Gasteiger partial charge in [0, 0.05) is 19.2 Å². The summed E-state index contributed by atoms with van der Waals surface area (Å²) in [5, 5.41) is 8.72. The first-order valence-corrected chi connectivity index (χ1v) is 7.64. The molecule has 0 atom stereocenters. The molecule has 2 aromatic carbocycles. The first-order chi connectivity index (χ1) is 11.4. The Morgan fingerprint density at radius 2 is 1.83 bits per heavy atom. The number of benzene rings is 2. The number of amides is 2. The smallest absolute Gasteiger partial charge is 0.239 e. The number of hydrogen-bond acceptors (Lipinski definition) is 3. The maximum absolute atomic E-state index is 12.8. The third-order valence-electron chi connectivity index (χ3n) is 3.13. The first-order valence-electron chi connectivity index (χ1n) is 7.26. The van der Waals surface area contributed by atoms with E-state index in [1.54, 1.807) is 30.3 Å². The van der Waals surface area contributed by atoms with Gasteiger partial charge in [-0.15, -0.1) is 0 Å². The van der Waals surface area contributed by atoms with Gasteiger partial charge >= 0.3 is 0 Å². The quantitative estimate of drug-likeness (QED) is 0.750. The highest BCUT2D eigenvalue weighted by molar-refractivity contribution is 6.33. The summed E-state index contributed by atoms with van der Waals surface area (Å²) in [6, 6.07) is 10.8. The molecule has 7 heteroatoms. The second-order valence-electron chi connectivity index (χ2n) is 5.13. The predicted molar refractivity (Wildman–Crippen MR) is 92.5 cm³/mol. The molecule has 5 nitrogen and oxygen atoms in total. The lowest BCUT2D eigenvalue weighted by Gasteiger charge is -2.11. The molecule has 0 heterocycles. The van der Waals surface area contributed by atoms with E-state index in [-0.39, 0.29) is 24.2 Å². The van der Waals surface area contributed by atoms with Crippen LogP contribution in [0.4, 0.5) is 15.8 Å². The van der Waals surface area contributed by atoms with E-state index in [1.165, 1.54) is 19.1 Å². The molecular weight excluding hydrogens is 333 g/mol. The summed E-state index contributed by atoms with van der Waals surface area (Å²) in [4.78, 5) is 22.9. The largest absolute Gasteiger partial charge is 0.375 e. The second-order valence-corrected chi connectivity index (χ2v) is 5.54. The third-order valence-corrected chi connectivity index (χ3v) is 3.46. The molecule has 0 fully saturated rings. The molecular formula is C17H17ClFN3O2. The monoisotopic (exact) mass is 349 g/mol. The summed E-state index contributed by atoms with van der Waals surface area (Å²) in [7, 11) is 0. The molecule has 0 aliphatic rings. The van der Waals surface area contributed by atoms with Gasteiger partial charge in [-0.05, 0) is 35.9 Å². The van der Waals surface area contributed by atoms with Crippen molar-refractivity contribution in [3.63, 3.8) is 0 Å². The maximum atomic E-state index is 12.8. The molecule has 3 N–H and O–H groups in total. The van der Waals surface area contributed by atoms with Gasteiger partial charge < -0.3 is 16.0 Å². The molecule has 0 radical (unpaired) electrons. The molecule has 0 saturated carbocycles. The van der Waals surface area contributed by atoms with Crippen LogP contribution in [0.5, 0.6) is 0 Å². The minimum Gasteiger partial charge on any atom is -0.375 e. The summed E-state index contributed by atoms with van der Waals surface area (Å²) in [5.41, 5.74) is 1.93. The van der Waals surface area contributed by atoms with E-state index < -0.39 is 0 Å². The van der Waals surface area contributed by atoms with Crippen LogP contribution in [0, 0.1) is 5.82 Å². The molecule has 0 aliphatic heterocycles. The number of rotatable bonds is 6. The molecule has 0 unspecified atom stereocenters. The normalized spacial score (nSPS) is 10.1. The van der Waals surface area contributed by atoms with Gasteiger partial charge in [0.1, 0.15) is 5.82 Å². The van der Waals surface area contributed by atoms with Gasteiger partial charge in [0.2, 0.25) is 11.8 Å². The van der Waals surface area contributed by atoms with Crippen LogP contribution in [0.2, 0.25) is 5.02 Å². The fraction of sp³-hybridized carbons (Fsp3) is 0.176. The average molecular weight is 350 g/mol. The summed E-state index contributed by atoms with van der Waals surface area (Å²) < 4.78 is 12.8. The molecule has 2 rings (SSSR count). The summed E-state index contributed by atoms with van der Waals surface area (Å²) in [6.45, 7) is 1.73. The van der Waals surface area contributed by atoms with Crippen LogP contribution in [0.3, 0.4) is 0 Å². The molecule has 0 aliphatic carbocycles. The van der Waals surface area contributed by atoms with Gasteiger partial charge in [0.25, 0.3) is 0 Å². The van der Waals surface area contributed by atoms with Crippen molar-refractivity contribution in [2.24, 2.45) is 0 Å². The van der Waals surface area contributed by atoms with E-state index in [1.807, 2.05) is 0 Å². The molecule has 126 valence electrons. The van der Waals surface area contributed by atoms with Crippen molar-refractivity contribution < 1.29 is 14.0 Å². The van der Waals surface area contributed by atoms with E-state index in [4.69, 9.17) is 11.6 Å². The van der Waals surface area contributed by atoms with Crippen molar-refractivity contribution in [2.45, 2.75) is 13.5 Å². The zero-order valence-electron chi connectivity index (χ0n) is 13.0. The van der Waals surface area contributed by atoms with Crippen LogP contribution in [0.25, 0.3) is 0 Å². The van der Waals surface area contributed by atoms with Crippen molar-refractivity contribution in [1.29, 1.82) is 0 Å². The topological polar surface area (TPSA) is 70.2 Å². The number of anilines is 2. The Kier molecular flexibility index (Phi) is 6.14. The third kappa shape index (κ3) is 5.55. The lowest BCUT2D eigenvalue weighted by Crippen LogP contribution is -2.29. The van der Waals surface area contributed by atoms with E-state index in [0.717, 1.165) is 5.56 Å².